The zero-order chi connectivity index (χ0) is 16.1. The Morgan fingerprint density at radius 1 is 1.22 bits per heavy atom. The summed E-state index contributed by atoms with van der Waals surface area (Å²) < 4.78 is 18.2. The van der Waals surface area contributed by atoms with Gasteiger partial charge >= 0.3 is 5.69 Å². The molecule has 0 aliphatic rings. The molecule has 116 valence electrons. The molecule has 3 aromatic heterocycles. The molecule has 0 N–H and O–H groups in total. The van der Waals surface area contributed by atoms with Crippen molar-refractivity contribution in [1.29, 1.82) is 0 Å². The lowest BCUT2D eigenvalue weighted by molar-refractivity contribution is 0.578. The highest BCUT2D eigenvalue weighted by molar-refractivity contribution is 7.17. The summed E-state index contributed by atoms with van der Waals surface area (Å²) in [5.74, 6) is -0.159. The van der Waals surface area contributed by atoms with Crippen LogP contribution >= 0.6 is 11.3 Å². The van der Waals surface area contributed by atoms with Crippen molar-refractivity contribution >= 4 is 27.3 Å². The second-order valence-corrected chi connectivity index (χ2v) is 6.08. The highest BCUT2D eigenvalue weighted by Gasteiger charge is 2.17. The predicted octanol–water partition coefficient (Wildman–Crippen LogP) is 1.60. The van der Waals surface area contributed by atoms with Gasteiger partial charge in [0.15, 0.2) is 0 Å². The van der Waals surface area contributed by atoms with Crippen LogP contribution in [-0.4, -0.2) is 18.7 Å². The molecule has 0 amide bonds. The SMILES string of the molecule is Cn1c(=O)c2sccc2n2c(=O)n(Cc3ccccc3F)nc12. The largest absolute Gasteiger partial charge is 0.352 e. The number of benzene rings is 1. The first-order chi connectivity index (χ1) is 11.1. The summed E-state index contributed by atoms with van der Waals surface area (Å²) in [5.41, 5.74) is 0.287. The number of hydrogen-bond donors (Lipinski definition) is 0. The fraction of sp³-hybridized carbons (Fsp3) is 0.133. The summed E-state index contributed by atoms with van der Waals surface area (Å²) in [4.78, 5) is 24.9. The molecule has 0 spiro atoms. The van der Waals surface area contributed by atoms with E-state index in [0.29, 0.717) is 15.8 Å². The highest BCUT2D eigenvalue weighted by Crippen LogP contribution is 2.16. The maximum absolute atomic E-state index is 13.8. The quantitative estimate of drug-likeness (QED) is 0.561. The van der Waals surface area contributed by atoms with Gasteiger partial charge in [-0.05, 0) is 17.5 Å². The van der Waals surface area contributed by atoms with E-state index in [1.807, 2.05) is 0 Å². The lowest BCUT2D eigenvalue weighted by Crippen LogP contribution is -2.24. The third kappa shape index (κ3) is 1.95. The second-order valence-electron chi connectivity index (χ2n) is 5.17. The number of hydrogen-bond acceptors (Lipinski definition) is 4. The fourth-order valence-electron chi connectivity index (χ4n) is 2.60. The Balaban J connectivity index is 2.02. The van der Waals surface area contributed by atoms with Gasteiger partial charge in [0, 0.05) is 12.6 Å². The number of rotatable bonds is 2. The molecular formula is C15H11FN4O2S. The number of nitrogens with zero attached hydrogens (tertiary/aromatic N) is 4. The molecule has 0 saturated carbocycles. The van der Waals surface area contributed by atoms with Crippen molar-refractivity contribution in [3.63, 3.8) is 0 Å². The van der Waals surface area contributed by atoms with Crippen LogP contribution in [0.25, 0.3) is 16.0 Å². The van der Waals surface area contributed by atoms with E-state index in [2.05, 4.69) is 5.10 Å². The lowest BCUT2D eigenvalue weighted by Gasteiger charge is -2.01. The minimum absolute atomic E-state index is 0.00695. The molecule has 4 aromatic rings. The number of aryl methyl sites for hydroxylation is 1. The van der Waals surface area contributed by atoms with Gasteiger partial charge in [-0.3, -0.25) is 9.36 Å². The third-order valence-electron chi connectivity index (χ3n) is 3.78. The molecule has 0 aliphatic heterocycles. The molecule has 0 saturated heterocycles. The van der Waals surface area contributed by atoms with E-state index < -0.39 is 11.5 Å². The summed E-state index contributed by atoms with van der Waals surface area (Å²) in [6, 6.07) is 7.94. The maximum atomic E-state index is 13.8. The average Bonchev–Trinajstić information content (AvgIpc) is 3.13. The van der Waals surface area contributed by atoms with Gasteiger partial charge in [-0.25, -0.2) is 18.3 Å². The highest BCUT2D eigenvalue weighted by atomic mass is 32.1. The van der Waals surface area contributed by atoms with Gasteiger partial charge < -0.3 is 0 Å². The van der Waals surface area contributed by atoms with Crippen LogP contribution in [-0.2, 0) is 13.6 Å². The maximum Gasteiger partial charge on any atom is 0.352 e. The van der Waals surface area contributed by atoms with E-state index in [1.54, 1.807) is 36.7 Å². The molecule has 0 aliphatic carbocycles. The molecule has 0 atom stereocenters. The standard InChI is InChI=1S/C15H11FN4O2S/c1-18-13(21)12-11(6-7-23-12)20-14(18)17-19(15(20)22)8-9-4-2-3-5-10(9)16/h2-7H,8H2,1H3. The monoisotopic (exact) mass is 330 g/mol. The topological polar surface area (TPSA) is 61.3 Å². The van der Waals surface area contributed by atoms with Gasteiger partial charge in [0.1, 0.15) is 10.5 Å². The number of fused-ring (bicyclic) bond motifs is 3. The van der Waals surface area contributed by atoms with Crippen molar-refractivity contribution in [3.05, 3.63) is 67.9 Å². The van der Waals surface area contributed by atoms with Crippen molar-refractivity contribution in [2.45, 2.75) is 6.54 Å². The van der Waals surface area contributed by atoms with Gasteiger partial charge in [-0.2, -0.15) is 0 Å². The van der Waals surface area contributed by atoms with E-state index in [0.717, 1.165) is 0 Å². The van der Waals surface area contributed by atoms with Crippen LogP contribution in [0, 0.1) is 5.82 Å². The summed E-state index contributed by atoms with van der Waals surface area (Å²) in [6.07, 6.45) is 0. The minimum Gasteiger partial charge on any atom is -0.279 e. The van der Waals surface area contributed by atoms with E-state index in [1.165, 1.54) is 31.1 Å². The minimum atomic E-state index is -0.401. The smallest absolute Gasteiger partial charge is 0.279 e. The van der Waals surface area contributed by atoms with Gasteiger partial charge in [0.25, 0.3) is 5.56 Å². The third-order valence-corrected chi connectivity index (χ3v) is 4.68. The molecule has 6 nitrogen and oxygen atoms in total. The lowest BCUT2D eigenvalue weighted by atomic mass is 10.2. The van der Waals surface area contributed by atoms with Crippen molar-refractivity contribution in [3.8, 4) is 0 Å². The molecule has 0 radical (unpaired) electrons. The average molecular weight is 330 g/mol. The number of thiophene rings is 1. The van der Waals surface area contributed by atoms with Gasteiger partial charge in [-0.15, -0.1) is 16.4 Å². The van der Waals surface area contributed by atoms with Crippen LogP contribution in [0.15, 0.2) is 45.3 Å². The normalized spacial score (nSPS) is 11.6. The van der Waals surface area contributed by atoms with Crippen molar-refractivity contribution in [2.75, 3.05) is 0 Å². The van der Waals surface area contributed by atoms with E-state index >= 15 is 0 Å². The summed E-state index contributed by atoms with van der Waals surface area (Å²) in [7, 11) is 1.57. The molecule has 0 unspecified atom stereocenters. The predicted molar refractivity (Wildman–Crippen MR) is 85.6 cm³/mol. The Kier molecular flexibility index (Phi) is 2.95. The summed E-state index contributed by atoms with van der Waals surface area (Å²) in [6.45, 7) is 0.00695. The first-order valence-electron chi connectivity index (χ1n) is 6.87. The van der Waals surface area contributed by atoms with Gasteiger partial charge in [-0.1, -0.05) is 18.2 Å². The Bertz CT molecular complexity index is 1170. The molecule has 3 heterocycles. The first kappa shape index (κ1) is 13.9. The molecule has 4 rings (SSSR count). The van der Waals surface area contributed by atoms with Crippen molar-refractivity contribution in [2.24, 2.45) is 7.05 Å². The zero-order valence-corrected chi connectivity index (χ0v) is 12.9. The Hall–Kier alpha value is -2.74. The van der Waals surface area contributed by atoms with Gasteiger partial charge in [0.05, 0.1) is 12.1 Å². The van der Waals surface area contributed by atoms with Crippen LogP contribution in [0.2, 0.25) is 0 Å². The molecule has 0 fully saturated rings. The van der Waals surface area contributed by atoms with E-state index in [-0.39, 0.29) is 17.9 Å². The van der Waals surface area contributed by atoms with Crippen LogP contribution in [0.5, 0.6) is 0 Å². The van der Waals surface area contributed by atoms with Crippen molar-refractivity contribution in [1.82, 2.24) is 18.7 Å². The number of halogens is 1. The van der Waals surface area contributed by atoms with Gasteiger partial charge in [0.2, 0.25) is 5.78 Å². The molecule has 1 aromatic carbocycles. The van der Waals surface area contributed by atoms with E-state index in [9.17, 15) is 14.0 Å². The molecule has 8 heteroatoms. The first-order valence-corrected chi connectivity index (χ1v) is 7.75. The zero-order valence-electron chi connectivity index (χ0n) is 12.1. The van der Waals surface area contributed by atoms with Crippen LogP contribution in [0.1, 0.15) is 5.56 Å². The molecule has 0 bridgehead atoms. The van der Waals surface area contributed by atoms with Crippen molar-refractivity contribution < 1.29 is 4.39 Å². The van der Waals surface area contributed by atoms with Crippen LogP contribution in [0.3, 0.4) is 0 Å². The molecule has 23 heavy (non-hydrogen) atoms. The summed E-state index contributed by atoms with van der Waals surface area (Å²) >= 11 is 1.28. The Labute approximate surface area is 132 Å². The second kappa shape index (κ2) is 4.88. The molecular weight excluding hydrogens is 319 g/mol. The fourth-order valence-corrected chi connectivity index (χ4v) is 3.45. The van der Waals surface area contributed by atoms with E-state index in [4.69, 9.17) is 0 Å². The summed E-state index contributed by atoms with van der Waals surface area (Å²) in [5, 5.41) is 5.96. The Morgan fingerprint density at radius 3 is 2.78 bits per heavy atom. The van der Waals surface area contributed by atoms with Crippen LogP contribution in [0.4, 0.5) is 4.39 Å². The Morgan fingerprint density at radius 2 is 2.00 bits per heavy atom. The number of aromatic nitrogens is 4. The van der Waals surface area contributed by atoms with Crippen LogP contribution < -0.4 is 11.2 Å².